The second-order valence-corrected chi connectivity index (χ2v) is 5.43. The summed E-state index contributed by atoms with van der Waals surface area (Å²) in [5, 5.41) is 0.755. The van der Waals surface area contributed by atoms with Crippen LogP contribution in [0.1, 0.15) is 24.5 Å². The van der Waals surface area contributed by atoms with Gasteiger partial charge in [-0.3, -0.25) is 0 Å². The Hall–Kier alpha value is -1.67. The first-order valence-electron chi connectivity index (χ1n) is 6.50. The van der Waals surface area contributed by atoms with Crippen LogP contribution in [-0.4, -0.2) is 0 Å². The van der Waals surface area contributed by atoms with E-state index in [4.69, 9.17) is 22.1 Å². The molecule has 1 atom stereocenters. The number of anilines is 1. The molecule has 0 aromatic heterocycles. The van der Waals surface area contributed by atoms with Crippen molar-refractivity contribution in [3.05, 3.63) is 59.1 Å². The van der Waals surface area contributed by atoms with Gasteiger partial charge in [-0.15, -0.1) is 0 Å². The van der Waals surface area contributed by atoms with Crippen molar-refractivity contribution in [1.29, 1.82) is 0 Å². The third-order valence-electron chi connectivity index (χ3n) is 3.39. The number of hydrogen-bond acceptors (Lipinski definition) is 2. The molecule has 2 aromatic rings. The predicted octanol–water partition coefficient (Wildman–Crippen LogP) is 4.45. The normalized spacial score (nSPS) is 16.1. The summed E-state index contributed by atoms with van der Waals surface area (Å²) in [5.74, 6) is 1.47. The van der Waals surface area contributed by atoms with E-state index in [1.165, 1.54) is 18.4 Å². The monoisotopic (exact) mass is 273 g/mol. The summed E-state index contributed by atoms with van der Waals surface area (Å²) in [5.41, 5.74) is 7.62. The molecule has 0 bridgehead atoms. The Morgan fingerprint density at radius 1 is 1.00 bits per heavy atom. The molecule has 0 spiro atoms. The minimum absolute atomic E-state index is 0.112. The highest BCUT2D eigenvalue weighted by Crippen LogP contribution is 2.43. The molecule has 1 unspecified atom stereocenters. The Morgan fingerprint density at radius 2 is 1.63 bits per heavy atom. The highest BCUT2D eigenvalue weighted by atomic mass is 35.5. The van der Waals surface area contributed by atoms with E-state index in [0.717, 1.165) is 16.5 Å². The number of ether oxygens (including phenoxy) is 1. The van der Waals surface area contributed by atoms with E-state index in [2.05, 4.69) is 0 Å². The summed E-state index contributed by atoms with van der Waals surface area (Å²) in [4.78, 5) is 0. The molecule has 98 valence electrons. The van der Waals surface area contributed by atoms with Crippen LogP contribution in [0.25, 0.3) is 0 Å². The lowest BCUT2D eigenvalue weighted by atomic mass is 10.1. The summed E-state index contributed by atoms with van der Waals surface area (Å²) in [6.07, 6.45) is 2.56. The zero-order valence-corrected chi connectivity index (χ0v) is 11.3. The predicted molar refractivity (Wildman–Crippen MR) is 78.4 cm³/mol. The molecule has 0 amide bonds. The van der Waals surface area contributed by atoms with Gasteiger partial charge in [-0.25, -0.2) is 0 Å². The minimum Gasteiger partial charge on any atom is -0.485 e. The highest BCUT2D eigenvalue weighted by Gasteiger charge is 2.34. The fourth-order valence-electron chi connectivity index (χ4n) is 2.18. The molecule has 1 saturated carbocycles. The second-order valence-electron chi connectivity index (χ2n) is 5.00. The molecule has 2 N–H and O–H groups in total. The zero-order valence-electron chi connectivity index (χ0n) is 10.6. The Morgan fingerprint density at radius 3 is 2.21 bits per heavy atom. The van der Waals surface area contributed by atoms with Crippen LogP contribution in [0.5, 0.6) is 5.75 Å². The Kier molecular flexibility index (Phi) is 3.34. The number of nitrogens with two attached hydrogens (primary N) is 1. The topological polar surface area (TPSA) is 35.2 Å². The van der Waals surface area contributed by atoms with Crippen LogP contribution in [0, 0.1) is 5.92 Å². The zero-order chi connectivity index (χ0) is 13.2. The van der Waals surface area contributed by atoms with E-state index in [0.29, 0.717) is 5.92 Å². The number of rotatable bonds is 4. The molecule has 0 aliphatic heterocycles. The molecule has 2 aromatic carbocycles. The van der Waals surface area contributed by atoms with Gasteiger partial charge in [0.1, 0.15) is 11.9 Å². The molecule has 0 saturated heterocycles. The van der Waals surface area contributed by atoms with Crippen molar-refractivity contribution in [1.82, 2.24) is 0 Å². The molecule has 1 aliphatic carbocycles. The van der Waals surface area contributed by atoms with Crippen molar-refractivity contribution >= 4 is 17.3 Å². The number of benzene rings is 2. The molecule has 1 aliphatic rings. The largest absolute Gasteiger partial charge is 0.485 e. The molecule has 0 heterocycles. The van der Waals surface area contributed by atoms with Gasteiger partial charge in [-0.05, 0) is 54.8 Å². The van der Waals surface area contributed by atoms with Gasteiger partial charge in [0.25, 0.3) is 0 Å². The summed E-state index contributed by atoms with van der Waals surface area (Å²) < 4.78 is 6.12. The van der Waals surface area contributed by atoms with E-state index in [1.54, 1.807) is 0 Å². The number of nitrogen functional groups attached to an aromatic ring is 1. The molecular formula is C16H16ClNO. The first-order valence-corrected chi connectivity index (χ1v) is 6.88. The lowest BCUT2D eigenvalue weighted by Gasteiger charge is -2.19. The molecular weight excluding hydrogens is 258 g/mol. The standard InChI is InChI=1S/C16H16ClNO/c17-13-5-3-12(4-6-13)16(11-1-2-11)19-15-9-7-14(18)8-10-15/h3-11,16H,1-2,18H2. The fourth-order valence-corrected chi connectivity index (χ4v) is 2.31. The van der Waals surface area contributed by atoms with Crippen LogP contribution < -0.4 is 10.5 Å². The van der Waals surface area contributed by atoms with Crippen LogP contribution in [0.4, 0.5) is 5.69 Å². The quantitative estimate of drug-likeness (QED) is 0.835. The van der Waals surface area contributed by atoms with E-state index in [9.17, 15) is 0 Å². The van der Waals surface area contributed by atoms with Gasteiger partial charge in [-0.2, -0.15) is 0 Å². The Bertz CT molecular complexity index is 546. The average Bonchev–Trinajstić information content (AvgIpc) is 3.24. The van der Waals surface area contributed by atoms with Gasteiger partial charge >= 0.3 is 0 Å². The smallest absolute Gasteiger partial charge is 0.127 e. The van der Waals surface area contributed by atoms with Crippen LogP contribution in [-0.2, 0) is 0 Å². The molecule has 2 nitrogen and oxygen atoms in total. The van der Waals surface area contributed by atoms with Crippen molar-refractivity contribution in [2.24, 2.45) is 5.92 Å². The van der Waals surface area contributed by atoms with Gasteiger partial charge < -0.3 is 10.5 Å². The fraction of sp³-hybridized carbons (Fsp3) is 0.250. The van der Waals surface area contributed by atoms with Gasteiger partial charge in [0.15, 0.2) is 0 Å². The number of hydrogen-bond donors (Lipinski definition) is 1. The maximum Gasteiger partial charge on any atom is 0.127 e. The summed E-state index contributed by atoms with van der Waals surface area (Å²) in [6, 6.07) is 15.5. The van der Waals surface area contributed by atoms with Crippen LogP contribution in [0.2, 0.25) is 5.02 Å². The van der Waals surface area contributed by atoms with Crippen LogP contribution in [0.3, 0.4) is 0 Å². The van der Waals surface area contributed by atoms with Gasteiger partial charge in [0.05, 0.1) is 0 Å². The highest BCUT2D eigenvalue weighted by molar-refractivity contribution is 6.30. The lowest BCUT2D eigenvalue weighted by molar-refractivity contribution is 0.181. The van der Waals surface area contributed by atoms with E-state index < -0.39 is 0 Å². The third kappa shape index (κ3) is 3.02. The summed E-state index contributed by atoms with van der Waals surface area (Å²) in [6.45, 7) is 0. The Balaban J connectivity index is 1.81. The van der Waals surface area contributed by atoms with Crippen molar-refractivity contribution < 1.29 is 4.74 Å². The maximum absolute atomic E-state index is 6.12. The second kappa shape index (κ2) is 5.14. The molecule has 1 fully saturated rings. The maximum atomic E-state index is 6.12. The van der Waals surface area contributed by atoms with Crippen molar-refractivity contribution in [3.63, 3.8) is 0 Å². The SMILES string of the molecule is Nc1ccc(OC(c2ccc(Cl)cc2)C2CC2)cc1. The van der Waals surface area contributed by atoms with Crippen molar-refractivity contribution in [2.75, 3.05) is 5.73 Å². The first kappa shape index (κ1) is 12.4. The summed E-state index contributed by atoms with van der Waals surface area (Å²) >= 11 is 5.93. The van der Waals surface area contributed by atoms with Crippen LogP contribution >= 0.6 is 11.6 Å². The molecule has 19 heavy (non-hydrogen) atoms. The van der Waals surface area contributed by atoms with Crippen molar-refractivity contribution in [3.8, 4) is 5.75 Å². The van der Waals surface area contributed by atoms with Gasteiger partial charge in [0, 0.05) is 16.6 Å². The van der Waals surface area contributed by atoms with E-state index in [-0.39, 0.29) is 6.10 Å². The minimum atomic E-state index is 0.112. The van der Waals surface area contributed by atoms with E-state index >= 15 is 0 Å². The van der Waals surface area contributed by atoms with Crippen molar-refractivity contribution in [2.45, 2.75) is 18.9 Å². The summed E-state index contributed by atoms with van der Waals surface area (Å²) in [7, 11) is 0. The van der Waals surface area contributed by atoms with Crippen LogP contribution in [0.15, 0.2) is 48.5 Å². The molecule has 3 rings (SSSR count). The third-order valence-corrected chi connectivity index (χ3v) is 3.64. The molecule has 3 heteroatoms. The van der Waals surface area contributed by atoms with E-state index in [1.807, 2.05) is 48.5 Å². The van der Waals surface area contributed by atoms with Gasteiger partial charge in [-0.1, -0.05) is 23.7 Å². The average molecular weight is 274 g/mol. The lowest BCUT2D eigenvalue weighted by Crippen LogP contribution is -2.09. The van der Waals surface area contributed by atoms with Gasteiger partial charge in [0.2, 0.25) is 0 Å². The Labute approximate surface area is 118 Å². The first-order chi connectivity index (χ1) is 9.22. The molecule has 0 radical (unpaired) electrons. The number of halogens is 1.